The van der Waals surface area contributed by atoms with E-state index >= 15 is 0 Å². The summed E-state index contributed by atoms with van der Waals surface area (Å²) in [5, 5.41) is 0. The lowest BCUT2D eigenvalue weighted by Gasteiger charge is -2.26. The van der Waals surface area contributed by atoms with Crippen LogP contribution in [0, 0.1) is 5.92 Å². The average Bonchev–Trinajstić information content (AvgIpc) is 2.40. The van der Waals surface area contributed by atoms with Gasteiger partial charge in [-0.2, -0.15) is 0 Å². The van der Waals surface area contributed by atoms with Gasteiger partial charge in [-0.3, -0.25) is 0 Å². The molecule has 1 aromatic rings. The number of anilines is 1. The van der Waals surface area contributed by atoms with E-state index in [4.69, 9.17) is 10.5 Å². The van der Waals surface area contributed by atoms with E-state index in [9.17, 15) is 8.42 Å². The summed E-state index contributed by atoms with van der Waals surface area (Å²) in [6.45, 7) is 1.97. The quantitative estimate of drug-likeness (QED) is 0.846. The lowest BCUT2D eigenvalue weighted by Crippen LogP contribution is -2.34. The molecule has 1 heterocycles. The number of nitrogen functional groups attached to an aromatic ring is 1. The van der Waals surface area contributed by atoms with E-state index < -0.39 is 10.0 Å². The molecule has 0 aromatic heterocycles. The smallest absolute Gasteiger partial charge is 0.242 e. The average molecular weight is 284 g/mol. The van der Waals surface area contributed by atoms with Crippen molar-refractivity contribution in [2.45, 2.75) is 17.7 Å². The minimum Gasteiger partial charge on any atom is -0.399 e. The van der Waals surface area contributed by atoms with Crippen molar-refractivity contribution in [3.63, 3.8) is 0 Å². The molecule has 2 N–H and O–H groups in total. The third kappa shape index (κ3) is 3.46. The Morgan fingerprint density at radius 1 is 1.37 bits per heavy atom. The summed E-state index contributed by atoms with van der Waals surface area (Å²) >= 11 is 0. The highest BCUT2D eigenvalue weighted by Crippen LogP contribution is 2.21. The molecular weight excluding hydrogens is 264 g/mol. The summed E-state index contributed by atoms with van der Waals surface area (Å²) in [6.07, 6.45) is 1.83. The van der Waals surface area contributed by atoms with Gasteiger partial charge < -0.3 is 10.5 Å². The van der Waals surface area contributed by atoms with E-state index in [1.54, 1.807) is 25.2 Å². The van der Waals surface area contributed by atoms with Crippen molar-refractivity contribution in [2.75, 3.05) is 32.5 Å². The SMILES string of the molecule is CN(CC1CCOCC1)S(=O)(=O)c1cccc(N)c1. The molecule has 5 nitrogen and oxygen atoms in total. The minimum atomic E-state index is -3.45. The zero-order chi connectivity index (χ0) is 13.9. The Hall–Kier alpha value is -1.11. The predicted molar refractivity (Wildman–Crippen MR) is 74.2 cm³/mol. The van der Waals surface area contributed by atoms with Crippen LogP contribution in [0.2, 0.25) is 0 Å². The van der Waals surface area contributed by atoms with Crippen molar-refractivity contribution in [2.24, 2.45) is 5.92 Å². The normalized spacial score (nSPS) is 17.8. The number of ether oxygens (including phenoxy) is 1. The van der Waals surface area contributed by atoms with Crippen LogP contribution in [-0.4, -0.2) is 39.5 Å². The van der Waals surface area contributed by atoms with Gasteiger partial charge in [0, 0.05) is 32.5 Å². The van der Waals surface area contributed by atoms with Crippen molar-refractivity contribution >= 4 is 15.7 Å². The summed E-state index contributed by atoms with van der Waals surface area (Å²) in [5.41, 5.74) is 6.10. The summed E-state index contributed by atoms with van der Waals surface area (Å²) in [5.74, 6) is 0.370. The number of nitrogens with zero attached hydrogens (tertiary/aromatic N) is 1. The van der Waals surface area contributed by atoms with Crippen LogP contribution in [0.5, 0.6) is 0 Å². The molecule has 2 rings (SSSR count). The van der Waals surface area contributed by atoms with Gasteiger partial charge in [0.25, 0.3) is 0 Å². The Morgan fingerprint density at radius 2 is 2.05 bits per heavy atom. The molecule has 1 aromatic carbocycles. The Kier molecular flexibility index (Phi) is 4.44. The van der Waals surface area contributed by atoms with E-state index in [1.807, 2.05) is 0 Å². The highest BCUT2D eigenvalue weighted by atomic mass is 32.2. The summed E-state index contributed by atoms with van der Waals surface area (Å²) < 4.78 is 31.5. The molecule has 106 valence electrons. The molecule has 0 aliphatic carbocycles. The first-order valence-corrected chi connectivity index (χ1v) is 7.84. The molecule has 1 aliphatic heterocycles. The second-order valence-electron chi connectivity index (χ2n) is 4.91. The van der Waals surface area contributed by atoms with E-state index in [2.05, 4.69) is 0 Å². The topological polar surface area (TPSA) is 72.6 Å². The molecule has 6 heteroatoms. The summed E-state index contributed by atoms with van der Waals surface area (Å²) in [7, 11) is -1.83. The van der Waals surface area contributed by atoms with Crippen LogP contribution in [0.4, 0.5) is 5.69 Å². The van der Waals surface area contributed by atoms with E-state index in [0.717, 1.165) is 26.1 Å². The van der Waals surface area contributed by atoms with E-state index in [0.29, 0.717) is 18.2 Å². The number of rotatable bonds is 4. The first-order valence-electron chi connectivity index (χ1n) is 6.40. The van der Waals surface area contributed by atoms with Crippen molar-refractivity contribution in [1.82, 2.24) is 4.31 Å². The van der Waals surface area contributed by atoms with Gasteiger partial charge >= 0.3 is 0 Å². The third-order valence-corrected chi connectivity index (χ3v) is 5.24. The maximum Gasteiger partial charge on any atom is 0.242 e. The molecular formula is C13H20N2O3S. The Balaban J connectivity index is 2.10. The zero-order valence-corrected chi connectivity index (χ0v) is 11.9. The van der Waals surface area contributed by atoms with Crippen molar-refractivity contribution in [3.05, 3.63) is 24.3 Å². The summed E-state index contributed by atoms with van der Waals surface area (Å²) in [6, 6.07) is 6.41. The predicted octanol–water partition coefficient (Wildman–Crippen LogP) is 1.32. The second kappa shape index (κ2) is 5.90. The number of benzene rings is 1. The van der Waals surface area contributed by atoms with Crippen LogP contribution in [0.1, 0.15) is 12.8 Å². The molecule has 0 saturated carbocycles. The van der Waals surface area contributed by atoms with Gasteiger partial charge in [-0.15, -0.1) is 0 Å². The van der Waals surface area contributed by atoms with Gasteiger partial charge in [0.2, 0.25) is 10.0 Å². The summed E-state index contributed by atoms with van der Waals surface area (Å²) in [4.78, 5) is 0.252. The molecule has 0 bridgehead atoms. The molecule has 0 radical (unpaired) electrons. The number of hydrogen-bond acceptors (Lipinski definition) is 4. The first kappa shape index (κ1) is 14.3. The maximum absolute atomic E-state index is 12.4. The van der Waals surface area contributed by atoms with E-state index in [-0.39, 0.29) is 4.90 Å². The molecule has 1 aliphatic rings. The fraction of sp³-hybridized carbons (Fsp3) is 0.538. The maximum atomic E-state index is 12.4. The molecule has 1 fully saturated rings. The van der Waals surface area contributed by atoms with Gasteiger partial charge in [0.15, 0.2) is 0 Å². The molecule has 19 heavy (non-hydrogen) atoms. The standard InChI is InChI=1S/C13H20N2O3S/c1-15(10-11-5-7-18-8-6-11)19(16,17)13-4-2-3-12(14)9-13/h2-4,9,11H,5-8,10,14H2,1H3. The minimum absolute atomic E-state index is 0.252. The molecule has 1 saturated heterocycles. The van der Waals surface area contributed by atoms with Gasteiger partial charge in [0.1, 0.15) is 0 Å². The largest absolute Gasteiger partial charge is 0.399 e. The van der Waals surface area contributed by atoms with Crippen molar-refractivity contribution < 1.29 is 13.2 Å². The molecule has 0 atom stereocenters. The van der Waals surface area contributed by atoms with Crippen molar-refractivity contribution in [1.29, 1.82) is 0 Å². The highest BCUT2D eigenvalue weighted by molar-refractivity contribution is 7.89. The van der Waals surface area contributed by atoms with Gasteiger partial charge in [-0.05, 0) is 37.0 Å². The number of nitrogens with two attached hydrogens (primary N) is 1. The van der Waals surface area contributed by atoms with Crippen LogP contribution >= 0.6 is 0 Å². The lowest BCUT2D eigenvalue weighted by molar-refractivity contribution is 0.0620. The second-order valence-corrected chi connectivity index (χ2v) is 6.96. The van der Waals surface area contributed by atoms with Crippen LogP contribution in [-0.2, 0) is 14.8 Å². The molecule has 0 amide bonds. The Labute approximate surface area is 114 Å². The fourth-order valence-corrected chi connectivity index (χ4v) is 3.55. The van der Waals surface area contributed by atoms with Gasteiger partial charge in [0.05, 0.1) is 4.90 Å². The third-order valence-electron chi connectivity index (χ3n) is 3.42. The van der Waals surface area contributed by atoms with Gasteiger partial charge in [-0.1, -0.05) is 6.07 Å². The Morgan fingerprint density at radius 3 is 2.68 bits per heavy atom. The number of hydrogen-bond donors (Lipinski definition) is 1. The van der Waals surface area contributed by atoms with Crippen LogP contribution in [0.3, 0.4) is 0 Å². The van der Waals surface area contributed by atoms with Crippen molar-refractivity contribution in [3.8, 4) is 0 Å². The van der Waals surface area contributed by atoms with Crippen LogP contribution in [0.25, 0.3) is 0 Å². The lowest BCUT2D eigenvalue weighted by atomic mass is 10.0. The monoisotopic (exact) mass is 284 g/mol. The fourth-order valence-electron chi connectivity index (χ4n) is 2.25. The molecule has 0 unspecified atom stereocenters. The number of sulfonamides is 1. The van der Waals surface area contributed by atoms with Crippen LogP contribution in [0.15, 0.2) is 29.2 Å². The zero-order valence-electron chi connectivity index (χ0n) is 11.1. The Bertz CT molecular complexity index is 524. The van der Waals surface area contributed by atoms with Crippen LogP contribution < -0.4 is 5.73 Å². The van der Waals surface area contributed by atoms with E-state index in [1.165, 1.54) is 10.4 Å². The highest BCUT2D eigenvalue weighted by Gasteiger charge is 2.24. The van der Waals surface area contributed by atoms with Gasteiger partial charge in [-0.25, -0.2) is 12.7 Å². The molecule has 0 spiro atoms. The first-order chi connectivity index (χ1) is 9.00.